The fourth-order valence-corrected chi connectivity index (χ4v) is 4.34. The summed E-state index contributed by atoms with van der Waals surface area (Å²) >= 11 is 5.64. The van der Waals surface area contributed by atoms with E-state index in [9.17, 15) is 4.79 Å². The summed E-state index contributed by atoms with van der Waals surface area (Å²) in [7, 11) is 0. The van der Waals surface area contributed by atoms with Crippen molar-refractivity contribution in [1.29, 1.82) is 0 Å². The van der Waals surface area contributed by atoms with Crippen molar-refractivity contribution in [3.8, 4) is 11.3 Å². The number of benzene rings is 2. The van der Waals surface area contributed by atoms with Gasteiger partial charge in [0.05, 0.1) is 11.7 Å². The van der Waals surface area contributed by atoms with Crippen LogP contribution in [0.1, 0.15) is 23.5 Å². The summed E-state index contributed by atoms with van der Waals surface area (Å²) in [4.78, 5) is 19.3. The molecule has 3 heterocycles. The van der Waals surface area contributed by atoms with Crippen LogP contribution < -0.4 is 10.6 Å². The maximum Gasteiger partial charge on any atom is 0.244 e. The number of nitrogens with one attached hydrogen (secondary N) is 2. The summed E-state index contributed by atoms with van der Waals surface area (Å²) in [6, 6.07) is 28.4. The molecular formula is C26H22N4O2S. The number of thiocarbonyl (C=S) groups is 1. The third kappa shape index (κ3) is 4.49. The average molecular weight is 455 g/mol. The number of aromatic nitrogens is 1. The number of hydrogen-bond acceptors (Lipinski definition) is 4. The predicted octanol–water partition coefficient (Wildman–Crippen LogP) is 4.95. The molecule has 0 spiro atoms. The Morgan fingerprint density at radius 2 is 1.70 bits per heavy atom. The van der Waals surface area contributed by atoms with Crippen molar-refractivity contribution in [3.05, 3.63) is 109 Å². The fourth-order valence-electron chi connectivity index (χ4n) is 4.03. The van der Waals surface area contributed by atoms with E-state index in [4.69, 9.17) is 16.6 Å². The summed E-state index contributed by atoms with van der Waals surface area (Å²) in [5.74, 6) is 1.31. The van der Waals surface area contributed by atoms with Gasteiger partial charge in [-0.05, 0) is 48.6 Å². The Labute approximate surface area is 197 Å². The quantitative estimate of drug-likeness (QED) is 0.402. The Morgan fingerprint density at radius 1 is 0.970 bits per heavy atom. The second-order valence-corrected chi connectivity index (χ2v) is 8.12. The molecular weight excluding hydrogens is 432 g/mol. The highest BCUT2D eigenvalue weighted by Gasteiger charge is 2.42. The lowest BCUT2D eigenvalue weighted by molar-refractivity contribution is -0.116. The number of carbonyl (C=O) groups excluding carboxylic acids is 1. The van der Waals surface area contributed by atoms with Crippen molar-refractivity contribution in [2.75, 3.05) is 11.9 Å². The summed E-state index contributed by atoms with van der Waals surface area (Å²) in [5, 5.41) is 6.76. The zero-order valence-corrected chi connectivity index (χ0v) is 18.5. The van der Waals surface area contributed by atoms with E-state index in [0.29, 0.717) is 10.9 Å². The van der Waals surface area contributed by atoms with Gasteiger partial charge >= 0.3 is 0 Å². The molecule has 33 heavy (non-hydrogen) atoms. The molecule has 0 radical (unpaired) electrons. The second kappa shape index (κ2) is 9.26. The number of anilines is 1. The minimum atomic E-state index is -0.327. The lowest BCUT2D eigenvalue weighted by Gasteiger charge is -2.25. The van der Waals surface area contributed by atoms with Gasteiger partial charge in [0.2, 0.25) is 5.91 Å². The molecule has 7 heteroatoms. The van der Waals surface area contributed by atoms with Crippen LogP contribution in [-0.4, -0.2) is 27.4 Å². The molecule has 2 N–H and O–H groups in total. The molecule has 1 aliphatic rings. The number of rotatable bonds is 6. The van der Waals surface area contributed by atoms with E-state index < -0.39 is 0 Å². The molecule has 6 nitrogen and oxygen atoms in total. The first-order valence-corrected chi connectivity index (χ1v) is 11.1. The van der Waals surface area contributed by atoms with E-state index in [-0.39, 0.29) is 24.5 Å². The van der Waals surface area contributed by atoms with Crippen LogP contribution in [0.2, 0.25) is 0 Å². The zero-order chi connectivity index (χ0) is 22.6. The van der Waals surface area contributed by atoms with Gasteiger partial charge < -0.3 is 20.0 Å². The molecule has 2 atom stereocenters. The smallest absolute Gasteiger partial charge is 0.244 e. The molecule has 0 aliphatic carbocycles. The molecule has 0 bridgehead atoms. The van der Waals surface area contributed by atoms with Gasteiger partial charge in [-0.1, -0.05) is 54.6 Å². The lowest BCUT2D eigenvalue weighted by Crippen LogP contribution is -2.36. The van der Waals surface area contributed by atoms with Crippen LogP contribution in [0.5, 0.6) is 0 Å². The maximum absolute atomic E-state index is 12.9. The van der Waals surface area contributed by atoms with Gasteiger partial charge in [0.1, 0.15) is 24.1 Å². The number of hydrogen-bond donors (Lipinski definition) is 2. The molecule has 2 aromatic heterocycles. The monoisotopic (exact) mass is 454 g/mol. The first-order valence-electron chi connectivity index (χ1n) is 10.7. The number of amides is 1. The molecule has 1 amide bonds. The third-order valence-electron chi connectivity index (χ3n) is 5.55. The van der Waals surface area contributed by atoms with Crippen LogP contribution in [0.25, 0.3) is 11.3 Å². The third-order valence-corrected chi connectivity index (χ3v) is 5.90. The summed E-state index contributed by atoms with van der Waals surface area (Å²) < 4.78 is 6.28. The largest absolute Gasteiger partial charge is 0.459 e. The number of nitrogens with zero attached hydrogens (tertiary/aromatic N) is 2. The van der Waals surface area contributed by atoms with Crippen molar-refractivity contribution >= 4 is 28.9 Å². The Morgan fingerprint density at radius 3 is 2.42 bits per heavy atom. The zero-order valence-electron chi connectivity index (χ0n) is 17.7. The second-order valence-electron chi connectivity index (χ2n) is 7.74. The normalized spacial score (nSPS) is 17.6. The molecule has 0 unspecified atom stereocenters. The summed E-state index contributed by atoms with van der Waals surface area (Å²) in [6.07, 6.45) is 1.75. The fraction of sp³-hybridized carbons (Fsp3) is 0.115. The Kier molecular flexibility index (Phi) is 5.87. The van der Waals surface area contributed by atoms with Crippen molar-refractivity contribution in [2.45, 2.75) is 12.1 Å². The highest BCUT2D eigenvalue weighted by atomic mass is 32.1. The Balaban J connectivity index is 1.46. The maximum atomic E-state index is 12.9. The van der Waals surface area contributed by atoms with Crippen molar-refractivity contribution in [3.63, 3.8) is 0 Å². The van der Waals surface area contributed by atoms with Gasteiger partial charge in [0.25, 0.3) is 0 Å². The van der Waals surface area contributed by atoms with E-state index in [1.807, 2.05) is 95.9 Å². The van der Waals surface area contributed by atoms with Crippen molar-refractivity contribution < 1.29 is 9.21 Å². The minimum Gasteiger partial charge on any atom is -0.459 e. The van der Waals surface area contributed by atoms with E-state index >= 15 is 0 Å². The molecule has 2 aromatic carbocycles. The number of para-hydroxylation sites is 1. The van der Waals surface area contributed by atoms with Crippen LogP contribution in [0.15, 0.2) is 102 Å². The standard InChI is InChI=1S/C26H22N4O2S/c31-23(28-19-11-5-2-6-12-19)17-30-25(24(29-26(30)33)20-13-7-8-16-27-20)22-15-14-21(32-22)18-9-3-1-4-10-18/h1-16,24-25H,17H2,(H,28,31)(H,29,33)/t24-,25+/m0/s1. The van der Waals surface area contributed by atoms with Crippen molar-refractivity contribution in [1.82, 2.24) is 15.2 Å². The SMILES string of the molecule is O=C(CN1C(=S)N[C@@H](c2ccccn2)[C@H]1c1ccc(-c2ccccc2)o1)Nc1ccccc1. The minimum absolute atomic E-state index is 0.0795. The first kappa shape index (κ1) is 20.9. The van der Waals surface area contributed by atoms with Crippen LogP contribution in [0.4, 0.5) is 5.69 Å². The molecule has 5 rings (SSSR count). The summed E-state index contributed by atoms with van der Waals surface area (Å²) in [5.41, 5.74) is 2.55. The number of furan rings is 1. The van der Waals surface area contributed by atoms with Crippen LogP contribution in [0, 0.1) is 0 Å². The highest BCUT2D eigenvalue weighted by Crippen LogP contribution is 2.40. The van der Waals surface area contributed by atoms with Gasteiger partial charge in [-0.3, -0.25) is 9.78 Å². The average Bonchev–Trinajstić information content (AvgIpc) is 3.46. The Hall–Kier alpha value is -3.97. The molecule has 1 saturated heterocycles. The highest BCUT2D eigenvalue weighted by molar-refractivity contribution is 7.80. The predicted molar refractivity (Wildman–Crippen MR) is 131 cm³/mol. The van der Waals surface area contributed by atoms with Gasteiger partial charge in [0.15, 0.2) is 5.11 Å². The molecule has 1 aliphatic heterocycles. The van der Waals surface area contributed by atoms with E-state index in [1.165, 1.54) is 0 Å². The Bertz CT molecular complexity index is 1250. The topological polar surface area (TPSA) is 70.4 Å². The first-order chi connectivity index (χ1) is 16.2. The molecule has 1 fully saturated rings. The number of carbonyl (C=O) groups is 1. The molecule has 4 aromatic rings. The van der Waals surface area contributed by atoms with Crippen LogP contribution >= 0.6 is 12.2 Å². The van der Waals surface area contributed by atoms with E-state index in [0.717, 1.165) is 22.7 Å². The van der Waals surface area contributed by atoms with E-state index in [1.54, 1.807) is 6.20 Å². The molecule has 0 saturated carbocycles. The lowest BCUT2D eigenvalue weighted by atomic mass is 10.0. The van der Waals surface area contributed by atoms with Gasteiger partial charge in [-0.15, -0.1) is 0 Å². The van der Waals surface area contributed by atoms with Gasteiger partial charge in [-0.2, -0.15) is 0 Å². The van der Waals surface area contributed by atoms with Crippen molar-refractivity contribution in [2.24, 2.45) is 0 Å². The summed E-state index contributed by atoms with van der Waals surface area (Å²) in [6.45, 7) is 0.0795. The van der Waals surface area contributed by atoms with E-state index in [2.05, 4.69) is 15.6 Å². The van der Waals surface area contributed by atoms with Gasteiger partial charge in [-0.25, -0.2) is 0 Å². The molecule has 164 valence electrons. The van der Waals surface area contributed by atoms with Crippen LogP contribution in [0.3, 0.4) is 0 Å². The van der Waals surface area contributed by atoms with Crippen LogP contribution in [-0.2, 0) is 4.79 Å². The number of pyridine rings is 1. The van der Waals surface area contributed by atoms with Gasteiger partial charge in [0, 0.05) is 17.4 Å².